The Kier molecular flexibility index (Phi) is 4.95. The van der Waals surface area contributed by atoms with Gasteiger partial charge in [0.05, 0.1) is 11.5 Å². The number of ether oxygens (including phenoxy) is 1. The fourth-order valence-electron chi connectivity index (χ4n) is 2.30. The summed E-state index contributed by atoms with van der Waals surface area (Å²) in [5.74, 6) is 6.98. The van der Waals surface area contributed by atoms with Crippen LogP contribution < -0.4 is 10.6 Å². The molecule has 0 spiro atoms. The number of nitrogens with zero attached hydrogens (tertiary/aromatic N) is 3. The highest BCUT2D eigenvalue weighted by Crippen LogP contribution is 2.29. The number of benzene rings is 1. The van der Waals surface area contributed by atoms with E-state index in [0.717, 1.165) is 0 Å². The summed E-state index contributed by atoms with van der Waals surface area (Å²) in [6.45, 7) is 0.106. The topological polar surface area (TPSA) is 100 Å². The molecule has 1 saturated heterocycles. The van der Waals surface area contributed by atoms with Crippen LogP contribution in [-0.2, 0) is 16.4 Å². The monoisotopic (exact) mass is 372 g/mol. The molecule has 0 radical (unpaired) electrons. The van der Waals surface area contributed by atoms with Gasteiger partial charge in [-0.15, -0.1) is 10.2 Å². The maximum Gasteiger partial charge on any atom is 0.210 e. The van der Waals surface area contributed by atoms with E-state index in [1.54, 1.807) is 0 Å². The lowest BCUT2D eigenvalue weighted by Gasteiger charge is -2.20. The van der Waals surface area contributed by atoms with Crippen LogP contribution >= 0.6 is 11.8 Å². The van der Waals surface area contributed by atoms with E-state index in [-0.39, 0.29) is 29.2 Å². The molecule has 1 fully saturated rings. The lowest BCUT2D eigenvalue weighted by atomic mass is 10.2. The summed E-state index contributed by atoms with van der Waals surface area (Å²) in [4.78, 5) is 0. The smallest absolute Gasteiger partial charge is 0.210 e. The molecule has 2 N–H and O–H groups in total. The van der Waals surface area contributed by atoms with Crippen molar-refractivity contribution in [3.63, 3.8) is 0 Å². The molecular formula is C14H17FN4O3S2. The Hall–Kier alpha value is -1.81. The molecule has 10 heteroatoms. The first-order chi connectivity index (χ1) is 11.4. The van der Waals surface area contributed by atoms with E-state index >= 15 is 0 Å². The van der Waals surface area contributed by atoms with Crippen LogP contribution in [0.4, 0.5) is 4.39 Å². The molecule has 1 aliphatic rings. The van der Waals surface area contributed by atoms with Crippen LogP contribution in [0.15, 0.2) is 29.4 Å². The normalized spacial score (nSPS) is 17.7. The molecule has 0 aliphatic carbocycles. The van der Waals surface area contributed by atoms with E-state index in [4.69, 9.17) is 10.6 Å². The second-order valence-corrected chi connectivity index (χ2v) is 9.05. The number of sulfone groups is 1. The number of thioether (sulfide) groups is 1. The minimum atomic E-state index is -2.89. The van der Waals surface area contributed by atoms with Gasteiger partial charge in [0.2, 0.25) is 5.16 Å². The molecule has 130 valence electrons. The standard InChI is InChI=1S/C14H17FN4O3S2/c15-10-1-3-11(4-2-10)22-9-13-17-18-14(19(13)16)23-12-5-7-24(20,21)8-6-12/h1-4,12H,5-9,16H2. The van der Waals surface area contributed by atoms with Crippen LogP contribution in [0.3, 0.4) is 0 Å². The van der Waals surface area contributed by atoms with Crippen LogP contribution in [0, 0.1) is 5.82 Å². The zero-order valence-corrected chi connectivity index (χ0v) is 14.4. The maximum absolute atomic E-state index is 12.8. The third-order valence-corrected chi connectivity index (χ3v) is 6.70. The first-order valence-electron chi connectivity index (χ1n) is 7.38. The molecule has 2 aromatic rings. The summed E-state index contributed by atoms with van der Waals surface area (Å²) >= 11 is 1.43. The molecule has 0 saturated carbocycles. The van der Waals surface area contributed by atoms with Gasteiger partial charge in [-0.2, -0.15) is 0 Å². The van der Waals surface area contributed by atoms with Gasteiger partial charge in [-0.05, 0) is 37.1 Å². The molecule has 24 heavy (non-hydrogen) atoms. The van der Waals surface area contributed by atoms with Crippen molar-refractivity contribution in [3.05, 3.63) is 35.9 Å². The quantitative estimate of drug-likeness (QED) is 0.791. The molecule has 1 aromatic heterocycles. The molecule has 0 amide bonds. The number of nitrogens with two attached hydrogens (primary N) is 1. The van der Waals surface area contributed by atoms with E-state index in [2.05, 4.69) is 10.2 Å². The summed E-state index contributed by atoms with van der Waals surface area (Å²) in [6, 6.07) is 5.65. The fourth-order valence-corrected chi connectivity index (χ4v) is 5.17. The van der Waals surface area contributed by atoms with Gasteiger partial charge >= 0.3 is 0 Å². The number of halogens is 1. The lowest BCUT2D eigenvalue weighted by molar-refractivity contribution is 0.291. The highest BCUT2D eigenvalue weighted by atomic mass is 32.2. The number of hydrogen-bond acceptors (Lipinski definition) is 7. The maximum atomic E-state index is 12.8. The fraction of sp³-hybridized carbons (Fsp3) is 0.429. The number of rotatable bonds is 5. The third-order valence-electron chi connectivity index (χ3n) is 3.69. The Morgan fingerprint density at radius 3 is 2.58 bits per heavy atom. The van der Waals surface area contributed by atoms with Crippen LogP contribution in [-0.4, -0.2) is 40.0 Å². The zero-order valence-electron chi connectivity index (χ0n) is 12.8. The highest BCUT2D eigenvalue weighted by Gasteiger charge is 2.26. The van der Waals surface area contributed by atoms with Gasteiger partial charge in [-0.25, -0.2) is 17.5 Å². The summed E-state index contributed by atoms with van der Waals surface area (Å²) in [6.07, 6.45) is 1.17. The van der Waals surface area contributed by atoms with Crippen LogP contribution in [0.1, 0.15) is 18.7 Å². The highest BCUT2D eigenvalue weighted by molar-refractivity contribution is 8.00. The number of nitrogen functional groups attached to an aromatic ring is 1. The summed E-state index contributed by atoms with van der Waals surface area (Å²) < 4.78 is 42.6. The van der Waals surface area contributed by atoms with Gasteiger partial charge in [-0.3, -0.25) is 0 Å². The Bertz CT molecular complexity index is 794. The molecular weight excluding hydrogens is 355 g/mol. The molecule has 3 rings (SSSR count). The van der Waals surface area contributed by atoms with E-state index in [9.17, 15) is 12.8 Å². The third kappa shape index (κ3) is 4.18. The second-order valence-electron chi connectivity index (χ2n) is 5.48. The molecule has 0 bridgehead atoms. The van der Waals surface area contributed by atoms with Crippen molar-refractivity contribution >= 4 is 21.6 Å². The summed E-state index contributed by atoms with van der Waals surface area (Å²) in [5.41, 5.74) is 0. The van der Waals surface area contributed by atoms with Crippen molar-refractivity contribution in [2.75, 3.05) is 17.3 Å². The van der Waals surface area contributed by atoms with Gasteiger partial charge in [0.1, 0.15) is 28.0 Å². The predicted octanol–water partition coefficient (Wildman–Crippen LogP) is 1.38. The lowest BCUT2D eigenvalue weighted by Crippen LogP contribution is -2.25. The van der Waals surface area contributed by atoms with Gasteiger partial charge < -0.3 is 10.6 Å². The van der Waals surface area contributed by atoms with Gasteiger partial charge in [0, 0.05) is 5.25 Å². The van der Waals surface area contributed by atoms with Crippen LogP contribution in [0.5, 0.6) is 5.75 Å². The molecule has 7 nitrogen and oxygen atoms in total. The molecule has 0 unspecified atom stereocenters. The minimum absolute atomic E-state index is 0.106. The van der Waals surface area contributed by atoms with Crippen molar-refractivity contribution in [1.82, 2.24) is 14.9 Å². The number of hydrogen-bond donors (Lipinski definition) is 1. The molecule has 1 aliphatic heterocycles. The van der Waals surface area contributed by atoms with E-state index in [1.165, 1.54) is 40.7 Å². The van der Waals surface area contributed by atoms with Crippen molar-refractivity contribution in [3.8, 4) is 5.75 Å². The van der Waals surface area contributed by atoms with E-state index in [0.29, 0.717) is 29.6 Å². The Labute approximate surface area is 143 Å². The van der Waals surface area contributed by atoms with Crippen molar-refractivity contribution in [1.29, 1.82) is 0 Å². The predicted molar refractivity (Wildman–Crippen MR) is 88.4 cm³/mol. The number of aromatic nitrogens is 3. The SMILES string of the molecule is Nn1c(COc2ccc(F)cc2)nnc1SC1CCS(=O)(=O)CC1. The van der Waals surface area contributed by atoms with Crippen molar-refractivity contribution in [2.45, 2.75) is 29.9 Å². The van der Waals surface area contributed by atoms with Crippen LogP contribution in [0.2, 0.25) is 0 Å². The van der Waals surface area contributed by atoms with Crippen molar-refractivity contribution < 1.29 is 17.5 Å². The van der Waals surface area contributed by atoms with Gasteiger partial charge in [0.25, 0.3) is 0 Å². The van der Waals surface area contributed by atoms with Gasteiger partial charge in [-0.1, -0.05) is 11.8 Å². The van der Waals surface area contributed by atoms with E-state index in [1.807, 2.05) is 0 Å². The Morgan fingerprint density at radius 1 is 1.25 bits per heavy atom. The van der Waals surface area contributed by atoms with E-state index < -0.39 is 9.84 Å². The zero-order chi connectivity index (χ0) is 17.2. The largest absolute Gasteiger partial charge is 0.486 e. The second kappa shape index (κ2) is 6.98. The Balaban J connectivity index is 1.58. The average molecular weight is 372 g/mol. The first-order valence-corrected chi connectivity index (χ1v) is 10.1. The molecule has 0 atom stereocenters. The van der Waals surface area contributed by atoms with Gasteiger partial charge in [0.15, 0.2) is 5.82 Å². The Morgan fingerprint density at radius 2 is 1.92 bits per heavy atom. The first kappa shape index (κ1) is 17.0. The summed E-state index contributed by atoms with van der Waals surface area (Å²) in [5, 5.41) is 8.71. The minimum Gasteiger partial charge on any atom is -0.486 e. The molecule has 1 aromatic carbocycles. The summed E-state index contributed by atoms with van der Waals surface area (Å²) in [7, 11) is -2.89. The average Bonchev–Trinajstić information content (AvgIpc) is 2.89. The molecule has 2 heterocycles. The van der Waals surface area contributed by atoms with Crippen molar-refractivity contribution in [2.24, 2.45) is 0 Å². The van der Waals surface area contributed by atoms with Crippen LogP contribution in [0.25, 0.3) is 0 Å².